The van der Waals surface area contributed by atoms with E-state index in [0.717, 1.165) is 24.3 Å². The number of aromatic nitrogens is 1. The van der Waals surface area contributed by atoms with E-state index in [1.165, 1.54) is 18.3 Å². The minimum atomic E-state index is -4.97. The Morgan fingerprint density at radius 1 is 1.07 bits per heavy atom. The molecule has 1 fully saturated rings. The van der Waals surface area contributed by atoms with Crippen LogP contribution in [0.15, 0.2) is 65.0 Å². The smallest absolute Gasteiger partial charge is 0.397 e. The number of nitrogens with two attached hydrogens (primary N) is 2. The van der Waals surface area contributed by atoms with Crippen LogP contribution in [0.5, 0.6) is 0 Å². The highest BCUT2D eigenvalue weighted by molar-refractivity contribution is 5.94. The van der Waals surface area contributed by atoms with Gasteiger partial charge in [-0.3, -0.25) is 14.6 Å². The Labute approximate surface area is 254 Å². The Bertz CT molecular complexity index is 1840. The lowest BCUT2D eigenvalue weighted by atomic mass is 9.94. The fourth-order valence-electron chi connectivity index (χ4n) is 6.20. The maximum atomic E-state index is 15.1. The second-order valence-electron chi connectivity index (χ2n) is 11.4. The van der Waals surface area contributed by atoms with Crippen LogP contribution in [-0.2, 0) is 11.2 Å². The van der Waals surface area contributed by atoms with Gasteiger partial charge in [0.2, 0.25) is 6.04 Å². The Morgan fingerprint density at radius 2 is 1.76 bits per heavy atom. The Kier molecular flexibility index (Phi) is 7.35. The molecule has 3 aliphatic rings. The molecule has 0 saturated heterocycles. The molecule has 2 amide bonds. The van der Waals surface area contributed by atoms with Crippen molar-refractivity contribution in [3.8, 4) is 11.1 Å². The lowest BCUT2D eigenvalue weighted by Crippen LogP contribution is -2.38. The predicted octanol–water partition coefficient (Wildman–Crippen LogP) is 5.20. The number of carbonyl (C=O) groups excluding carboxylic acids is 2. The second-order valence-corrected chi connectivity index (χ2v) is 11.4. The van der Waals surface area contributed by atoms with E-state index in [1.807, 2.05) is 0 Å². The number of carbonyl (C=O) groups is 2. The highest BCUT2D eigenvalue weighted by atomic mass is 19.4. The quantitative estimate of drug-likeness (QED) is 0.229. The van der Waals surface area contributed by atoms with E-state index in [9.17, 15) is 35.9 Å². The van der Waals surface area contributed by atoms with Crippen molar-refractivity contribution in [2.24, 2.45) is 22.7 Å². The summed E-state index contributed by atoms with van der Waals surface area (Å²) in [6.45, 7) is -1.04. The number of primary amides is 1. The van der Waals surface area contributed by atoms with Crippen molar-refractivity contribution in [1.29, 1.82) is 0 Å². The normalized spacial score (nSPS) is 21.8. The molecule has 240 valence electrons. The number of pyridine rings is 1. The maximum absolute atomic E-state index is 15.1. The summed E-state index contributed by atoms with van der Waals surface area (Å²) in [5.41, 5.74) is 9.57. The van der Waals surface area contributed by atoms with Gasteiger partial charge in [0, 0.05) is 23.1 Å². The number of azo groups is 2. The molecule has 0 radical (unpaired) electrons. The van der Waals surface area contributed by atoms with Gasteiger partial charge in [0.25, 0.3) is 24.1 Å². The van der Waals surface area contributed by atoms with Gasteiger partial charge in [-0.1, -0.05) is 10.8 Å². The molecule has 4 atom stereocenters. The summed E-state index contributed by atoms with van der Waals surface area (Å²) in [5, 5.41) is 5.94. The van der Waals surface area contributed by atoms with Crippen molar-refractivity contribution in [3.63, 3.8) is 0 Å². The first kappa shape index (κ1) is 31.1. The zero-order valence-electron chi connectivity index (χ0n) is 23.4. The number of anilines is 1. The number of amides is 2. The van der Waals surface area contributed by atoms with Gasteiger partial charge < -0.3 is 16.8 Å². The molecular weight excluding hydrogens is 628 g/mol. The molecule has 0 spiro atoms. The van der Waals surface area contributed by atoms with Gasteiger partial charge in [-0.25, -0.2) is 13.2 Å². The minimum absolute atomic E-state index is 0.0136. The zero-order valence-corrected chi connectivity index (χ0v) is 23.4. The summed E-state index contributed by atoms with van der Waals surface area (Å²) >= 11 is 0. The molecule has 16 heteroatoms. The number of benzene rings is 2. The molecule has 1 unspecified atom stereocenters. The van der Waals surface area contributed by atoms with Crippen molar-refractivity contribution in [3.05, 3.63) is 94.2 Å². The number of rotatable bonds is 8. The van der Waals surface area contributed by atoms with E-state index in [1.54, 1.807) is 0 Å². The van der Waals surface area contributed by atoms with Gasteiger partial charge >= 0.3 is 12.1 Å². The first-order valence-corrected chi connectivity index (χ1v) is 13.8. The highest BCUT2D eigenvalue weighted by Gasteiger charge is 2.75. The van der Waals surface area contributed by atoms with E-state index in [-0.39, 0.29) is 40.9 Å². The van der Waals surface area contributed by atoms with Crippen LogP contribution in [-0.4, -0.2) is 46.2 Å². The van der Waals surface area contributed by atoms with Crippen LogP contribution in [0, 0.1) is 29.3 Å². The number of alkyl halides is 5. The molecule has 3 aromatic rings. The van der Waals surface area contributed by atoms with E-state index < -0.39 is 88.7 Å². The number of hydrogen-bond acceptors (Lipinski definition) is 5. The number of nitrogen functional groups attached to an aromatic ring is 1. The van der Waals surface area contributed by atoms with E-state index in [0.29, 0.717) is 10.8 Å². The number of nitrogens with one attached hydrogen (secondary N) is 1. The summed E-state index contributed by atoms with van der Waals surface area (Å²) in [7, 11) is 0. The molecule has 1 aliphatic heterocycles. The summed E-state index contributed by atoms with van der Waals surface area (Å²) in [4.78, 5) is 29.5. The van der Waals surface area contributed by atoms with Gasteiger partial charge in [0.05, 0.1) is 29.2 Å². The molecule has 1 saturated carbocycles. The Morgan fingerprint density at radius 3 is 2.41 bits per heavy atom. The van der Waals surface area contributed by atoms with Crippen molar-refractivity contribution in [1.82, 2.24) is 10.3 Å². The average Bonchev–Trinajstić information content (AvgIpc) is 3.60. The van der Waals surface area contributed by atoms with Crippen LogP contribution >= 0.6 is 0 Å². The van der Waals surface area contributed by atoms with E-state index in [4.69, 9.17) is 11.5 Å². The van der Waals surface area contributed by atoms with E-state index >= 15 is 8.78 Å². The number of hydrogen-bond donors (Lipinski definition) is 3. The van der Waals surface area contributed by atoms with Crippen molar-refractivity contribution in [2.45, 2.75) is 37.0 Å². The fourth-order valence-corrected chi connectivity index (χ4v) is 6.20. The summed E-state index contributed by atoms with van der Waals surface area (Å²) in [5.74, 6) is -10.9. The number of nitrogens with zero attached hydrogens (tertiary/aromatic N) is 3. The lowest BCUT2D eigenvalue weighted by Gasteiger charge is -2.22. The Hall–Kier alpha value is -4.89. The minimum Gasteiger partial charge on any atom is -0.397 e. The molecule has 5 N–H and O–H groups in total. The molecule has 1 aromatic heterocycles. The first-order chi connectivity index (χ1) is 21.5. The standard InChI is InChI=1S/C30H22F8N6O2/c31-14-3-12(4-15(32)7-14)5-22(25-17(8-16(39)10-41-25)13-1-2-21(33)19(6-13)28(40)46)42-23(45)11-44-27-24(26(43-44)30(36,37)38)18-9-20(18)29(27,34)35/h1-4,6-8,10,18,20,22,26H,5,9,11,39H2,(H2-,40,42,45,46)/p+1/t18-,20+,22-,26?/m0/s1. The molecule has 6 rings (SSSR count). The summed E-state index contributed by atoms with van der Waals surface area (Å²) in [6.07, 6.45) is -4.27. The van der Waals surface area contributed by atoms with Crippen LogP contribution in [0.1, 0.15) is 34.1 Å². The predicted molar refractivity (Wildman–Crippen MR) is 144 cm³/mol. The molecule has 0 bridgehead atoms. The van der Waals surface area contributed by atoms with Gasteiger partial charge in [0.1, 0.15) is 17.5 Å². The number of halogens is 8. The van der Waals surface area contributed by atoms with Gasteiger partial charge in [-0.2, -0.15) is 22.0 Å². The van der Waals surface area contributed by atoms with E-state index in [2.05, 4.69) is 15.4 Å². The molecule has 46 heavy (non-hydrogen) atoms. The maximum Gasteiger partial charge on any atom is 0.420 e. The van der Waals surface area contributed by atoms with Gasteiger partial charge in [0.15, 0.2) is 0 Å². The van der Waals surface area contributed by atoms with Gasteiger partial charge in [-0.15, -0.1) is 0 Å². The van der Waals surface area contributed by atoms with Crippen LogP contribution in [0.4, 0.5) is 40.8 Å². The number of allylic oxidation sites excluding steroid dienone is 1. The van der Waals surface area contributed by atoms with Crippen molar-refractivity contribution >= 4 is 17.5 Å². The lowest BCUT2D eigenvalue weighted by molar-refractivity contribution is -0.549. The zero-order chi connectivity index (χ0) is 33.3. The van der Waals surface area contributed by atoms with Crippen molar-refractivity contribution < 1.29 is 49.4 Å². The monoisotopic (exact) mass is 651 g/mol. The Balaban J connectivity index is 1.38. The molecule has 2 heterocycles. The third-order valence-electron chi connectivity index (χ3n) is 8.17. The number of fused-ring (bicyclic) bond motifs is 2. The van der Waals surface area contributed by atoms with Crippen LogP contribution < -0.4 is 16.8 Å². The van der Waals surface area contributed by atoms with Crippen LogP contribution in [0.3, 0.4) is 0 Å². The van der Waals surface area contributed by atoms with Gasteiger partial charge in [-0.05, 0) is 65.3 Å². The van der Waals surface area contributed by atoms with Crippen molar-refractivity contribution in [2.75, 3.05) is 12.3 Å². The summed E-state index contributed by atoms with van der Waals surface area (Å²) in [6, 6.07) is 3.37. The highest BCUT2D eigenvalue weighted by Crippen LogP contribution is 2.66. The molecular formula is C30H23F8N6O2+. The topological polar surface area (TPSA) is 126 Å². The molecule has 8 nitrogen and oxygen atoms in total. The second kappa shape index (κ2) is 10.9. The molecule has 2 aromatic carbocycles. The SMILES string of the molecule is NC(=O)c1cc(-c2cc(N)cnc2[C@H](Cc2cc(F)cc(F)c2)NC(=O)C[N+]2=NC(C(F)(F)F)C3=C2C(F)(F)[C@@H]2C[C@H]32)ccc1F. The average molecular weight is 652 g/mol. The molecule has 2 aliphatic carbocycles. The third kappa shape index (κ3) is 5.56. The van der Waals surface area contributed by atoms with Crippen LogP contribution in [0.25, 0.3) is 11.1 Å². The third-order valence-corrected chi connectivity index (χ3v) is 8.17. The first-order valence-electron chi connectivity index (χ1n) is 13.8. The van der Waals surface area contributed by atoms with Crippen LogP contribution in [0.2, 0.25) is 0 Å². The fraction of sp³-hybridized carbons (Fsp3) is 0.300. The summed E-state index contributed by atoms with van der Waals surface area (Å²) < 4.78 is 114. The largest absolute Gasteiger partial charge is 0.420 e.